The molecule has 0 aliphatic rings. The number of thiophene rings is 3. The number of nitrogen functional groups attached to an aromatic ring is 3. The Morgan fingerprint density at radius 3 is 1.56 bits per heavy atom. The van der Waals surface area contributed by atoms with Crippen molar-refractivity contribution in [3.63, 3.8) is 0 Å². The largest absolute Gasteiger partial charge is 0.466 e. The number of hydrogen-bond donors (Lipinski definition) is 4. The molecule has 0 spiro atoms. The summed E-state index contributed by atoms with van der Waals surface area (Å²) >= 11 is 14.8. The van der Waals surface area contributed by atoms with Crippen LogP contribution in [0.1, 0.15) is 74.6 Å². The summed E-state index contributed by atoms with van der Waals surface area (Å²) in [5.74, 6) is -1.70. The molecule has 8 rings (SSSR count). The lowest BCUT2D eigenvalue weighted by Crippen LogP contribution is -2.25. The molecule has 3 aromatic heterocycles. The third-order valence-corrected chi connectivity index (χ3v) is 16.3. The van der Waals surface area contributed by atoms with Gasteiger partial charge in [0.05, 0.1) is 72.8 Å². The standard InChI is InChI=1S/C31H31N7O5S.C21H29Cl2NO5.C11H8N4S.C6H7N.C5H4N2S/c1-4-29(40)42-17-10-16-38(6-3)24-13-14-25(26(20-24)33-27(39)15-18-43-30(41)5-2)35-37-31-22(21-32)19-28(44-31)36-34-23-11-8-7-9-12-23;1-2-24(12-4-13-28-20(26)7-10-22)18-6-3-5-17(15-18)16-19(25)9-14-29-21(27)8-11-23;12-7-8-6-10(16-11(8)13)15-14-9-4-2-1-3-5-9;7-6-4-2-1-3-5-6;6-3-4-1-2-8-5(4)7/h4-5,7-9,11-14,19-20H,1-2,6,10,15-18H2,3H3,(H,33,39);3,5-6,15H,2,4,7-14,16H2,1H3;1-6H,13H2;1-5H,7H2;1-2H,7H2. The van der Waals surface area contributed by atoms with Crippen LogP contribution < -0.4 is 32.3 Å². The third-order valence-electron chi connectivity index (χ3n) is 13.5. The van der Waals surface area contributed by atoms with Gasteiger partial charge in [0.1, 0.15) is 56.3 Å². The highest BCUT2D eigenvalue weighted by Crippen LogP contribution is 2.39. The second-order valence-electron chi connectivity index (χ2n) is 20.9. The molecule has 0 saturated heterocycles. The van der Waals surface area contributed by atoms with Crippen molar-refractivity contribution in [1.82, 2.24) is 0 Å². The minimum Gasteiger partial charge on any atom is -0.466 e. The Morgan fingerprint density at radius 2 is 1.06 bits per heavy atom. The molecule has 0 radical (unpaired) electrons. The van der Waals surface area contributed by atoms with Crippen molar-refractivity contribution >= 4 is 158 Å². The number of nitrogens with zero attached hydrogens (tertiary/aromatic N) is 11. The van der Waals surface area contributed by atoms with Crippen molar-refractivity contribution in [2.24, 2.45) is 30.7 Å². The molecule has 0 aliphatic heterocycles. The number of nitrogens with one attached hydrogen (secondary N) is 1. The molecule has 1 amide bonds. The van der Waals surface area contributed by atoms with Gasteiger partial charge >= 0.3 is 23.9 Å². The van der Waals surface area contributed by atoms with E-state index in [0.29, 0.717) is 85.7 Å². The topological polar surface area (TPSA) is 381 Å². The normalized spacial score (nSPS) is 10.3. The summed E-state index contributed by atoms with van der Waals surface area (Å²) < 4.78 is 20.1. The van der Waals surface area contributed by atoms with Crippen molar-refractivity contribution < 1.29 is 47.7 Å². The van der Waals surface area contributed by atoms with E-state index in [-0.39, 0.29) is 87.0 Å². The number of hydrogen-bond acceptors (Lipinski definition) is 27. The van der Waals surface area contributed by atoms with E-state index in [2.05, 4.69) is 60.1 Å². The van der Waals surface area contributed by atoms with Gasteiger partial charge in [0, 0.05) is 80.0 Å². The number of nitrogens with two attached hydrogens (primary N) is 3. The zero-order valence-corrected chi connectivity index (χ0v) is 61.3. The van der Waals surface area contributed by atoms with Crippen LogP contribution in [0.25, 0.3) is 0 Å². The predicted molar refractivity (Wildman–Crippen MR) is 412 cm³/mol. The van der Waals surface area contributed by atoms with E-state index < -0.39 is 17.8 Å². The Morgan fingerprint density at radius 1 is 0.538 bits per heavy atom. The second kappa shape index (κ2) is 50.0. The van der Waals surface area contributed by atoms with E-state index in [4.69, 9.17) is 69.9 Å². The maximum atomic E-state index is 12.7. The summed E-state index contributed by atoms with van der Waals surface area (Å²) in [5, 5.41) is 58.8. The molecule has 30 heteroatoms. The number of ether oxygens (including phenoxy) is 4. The van der Waals surface area contributed by atoms with Crippen LogP contribution in [0.2, 0.25) is 0 Å². The van der Waals surface area contributed by atoms with Crippen molar-refractivity contribution in [3.05, 3.63) is 205 Å². The fraction of sp³-hybridized carbons (Fsp3) is 0.257. The summed E-state index contributed by atoms with van der Waals surface area (Å²) in [4.78, 5) is 74.3. The first-order valence-electron chi connectivity index (χ1n) is 32.2. The number of rotatable bonds is 33. The van der Waals surface area contributed by atoms with Crippen LogP contribution in [-0.4, -0.2) is 99.9 Å². The van der Waals surface area contributed by atoms with Crippen molar-refractivity contribution in [3.8, 4) is 18.2 Å². The van der Waals surface area contributed by atoms with Crippen LogP contribution >= 0.6 is 57.2 Å². The lowest BCUT2D eigenvalue weighted by atomic mass is 10.1. The van der Waals surface area contributed by atoms with Gasteiger partial charge in [0.15, 0.2) is 5.00 Å². The number of halogens is 2. The first kappa shape index (κ1) is 85.0. The monoisotopic (exact) mass is 1500 g/mol. The second-order valence-corrected chi connectivity index (χ2v) is 24.7. The summed E-state index contributed by atoms with van der Waals surface area (Å²) in [6, 6.07) is 52.1. The lowest BCUT2D eigenvalue weighted by molar-refractivity contribution is -0.144. The Balaban J connectivity index is 0.000000321. The van der Waals surface area contributed by atoms with E-state index in [1.54, 1.807) is 35.7 Å². The van der Waals surface area contributed by atoms with Crippen LogP contribution in [0.5, 0.6) is 0 Å². The van der Waals surface area contributed by atoms with Gasteiger partial charge in [-0.1, -0.05) is 103 Å². The zero-order valence-electron chi connectivity index (χ0n) is 57.3. The maximum absolute atomic E-state index is 12.7. The molecule has 25 nitrogen and oxygen atoms in total. The fourth-order valence-corrected chi connectivity index (χ4v) is 10.7. The molecule has 0 saturated carbocycles. The Kier molecular flexibility index (Phi) is 40.8. The summed E-state index contributed by atoms with van der Waals surface area (Å²) in [6.07, 6.45) is 4.17. The summed E-state index contributed by atoms with van der Waals surface area (Å²) in [6.45, 7) is 14.0. The number of para-hydroxylation sites is 1. The van der Waals surface area contributed by atoms with E-state index >= 15 is 0 Å². The molecule has 0 aliphatic carbocycles. The Labute approximate surface area is 626 Å². The number of ketones is 1. The number of azo groups is 3. The fourth-order valence-electron chi connectivity index (χ4n) is 8.32. The van der Waals surface area contributed by atoms with E-state index in [1.807, 2.05) is 152 Å². The number of anilines is 6. The average Bonchev–Trinajstić information content (AvgIpc) is 1.11. The first-order chi connectivity index (χ1) is 50.4. The van der Waals surface area contributed by atoms with Gasteiger partial charge in [-0.3, -0.25) is 19.2 Å². The van der Waals surface area contributed by atoms with Crippen LogP contribution in [0.4, 0.5) is 64.8 Å². The Hall–Kier alpha value is -11.5. The van der Waals surface area contributed by atoms with Gasteiger partial charge in [-0.2, -0.15) is 15.8 Å². The molecule has 3 heterocycles. The molecule has 0 unspecified atom stereocenters. The van der Waals surface area contributed by atoms with Crippen molar-refractivity contribution in [2.75, 3.05) is 96.7 Å². The number of carbonyl (C=O) groups excluding carboxylic acids is 6. The van der Waals surface area contributed by atoms with Gasteiger partial charge < -0.3 is 51.3 Å². The highest BCUT2D eigenvalue weighted by atomic mass is 35.5. The molecule has 0 bridgehead atoms. The number of Topliss-reactive ketones (excluding diaryl/α,β-unsaturated/α-hetero) is 1. The molecule has 5 aromatic carbocycles. The molecule has 0 atom stereocenters. The summed E-state index contributed by atoms with van der Waals surface area (Å²) in [7, 11) is 0. The quantitative estimate of drug-likeness (QED) is 0.00564. The lowest BCUT2D eigenvalue weighted by Gasteiger charge is -2.24. The highest BCUT2D eigenvalue weighted by molar-refractivity contribution is 7.20. The number of nitriles is 3. The third kappa shape index (κ3) is 33.8. The predicted octanol–water partition coefficient (Wildman–Crippen LogP) is 17.3. The van der Waals surface area contributed by atoms with Gasteiger partial charge in [-0.25, -0.2) is 9.59 Å². The zero-order chi connectivity index (χ0) is 75.7. The van der Waals surface area contributed by atoms with Crippen LogP contribution in [0, 0.1) is 34.0 Å². The van der Waals surface area contributed by atoms with Gasteiger partial charge in [-0.15, -0.1) is 65.2 Å². The maximum Gasteiger partial charge on any atom is 0.330 e. The SMILES string of the molecule is C=CC(=O)OCCCN(CC)c1ccc(N=Nc2sc(N=Nc3ccccc3)cc2C#N)c(NC(=O)CCOC(=O)C=C)c1.CCN(CCCOC(=O)CCCl)c1cccc(CC(=O)CCOC(=O)CCCl)c1.N#Cc1cc(N=Nc2ccccc2)sc1N.N#Cc1ccsc1N.Nc1ccccc1. The van der Waals surface area contributed by atoms with Gasteiger partial charge in [0.25, 0.3) is 0 Å². The number of esters is 4. The smallest absolute Gasteiger partial charge is 0.330 e. The van der Waals surface area contributed by atoms with Gasteiger partial charge in [-0.05, 0) is 123 Å². The molecule has 8 aromatic rings. The molecule has 104 heavy (non-hydrogen) atoms. The molecule has 7 N–H and O–H groups in total. The van der Waals surface area contributed by atoms with Crippen molar-refractivity contribution in [2.45, 2.75) is 58.8 Å². The molecule has 542 valence electrons. The Bertz CT molecular complexity index is 4250. The van der Waals surface area contributed by atoms with E-state index in [9.17, 15) is 34.0 Å². The van der Waals surface area contributed by atoms with E-state index in [1.165, 1.54) is 22.7 Å². The van der Waals surface area contributed by atoms with Crippen LogP contribution in [0.15, 0.2) is 213 Å². The highest BCUT2D eigenvalue weighted by Gasteiger charge is 2.16. The van der Waals surface area contributed by atoms with Crippen molar-refractivity contribution in [1.29, 1.82) is 15.8 Å². The molecule has 0 fully saturated rings. The molecular weight excluding hydrogens is 1430 g/mol. The molecular formula is C74H79Cl2N15O10S3. The minimum atomic E-state index is -0.626. The summed E-state index contributed by atoms with van der Waals surface area (Å²) in [5.41, 5.74) is 23.3. The minimum absolute atomic E-state index is 0.00933. The number of carbonyl (C=O) groups is 6. The average molecular weight is 1510 g/mol. The van der Waals surface area contributed by atoms with Crippen LogP contribution in [0.3, 0.4) is 0 Å². The first-order valence-corrected chi connectivity index (χ1v) is 35.8. The van der Waals surface area contributed by atoms with Gasteiger partial charge in [0.2, 0.25) is 5.91 Å². The number of benzene rings is 5. The number of alkyl halides is 2. The number of amides is 1. The van der Waals surface area contributed by atoms with Crippen LogP contribution in [-0.2, 0) is 54.1 Å². The van der Waals surface area contributed by atoms with E-state index in [0.717, 1.165) is 64.9 Å².